The zero-order chi connectivity index (χ0) is 15.4. The van der Waals surface area contributed by atoms with Gasteiger partial charge in [0.1, 0.15) is 0 Å². The van der Waals surface area contributed by atoms with Crippen LogP contribution in [0.3, 0.4) is 0 Å². The van der Waals surface area contributed by atoms with Gasteiger partial charge in [-0.15, -0.1) is 0 Å². The summed E-state index contributed by atoms with van der Waals surface area (Å²) in [6.45, 7) is 3.88. The molecule has 4 heteroatoms. The molecular weight excluding hydrogens is 264 g/mol. The molecule has 3 N–H and O–H groups in total. The summed E-state index contributed by atoms with van der Waals surface area (Å²) >= 11 is 0. The molecule has 2 aromatic carbocycles. The number of carbonyl (C=O) groups excluding carboxylic acids is 1. The summed E-state index contributed by atoms with van der Waals surface area (Å²) in [6.07, 6.45) is -0.645. The van der Waals surface area contributed by atoms with E-state index in [1.54, 1.807) is 6.07 Å². The van der Waals surface area contributed by atoms with Crippen molar-refractivity contribution in [3.8, 4) is 0 Å². The Kier molecular flexibility index (Phi) is 4.60. The molecule has 0 aliphatic carbocycles. The van der Waals surface area contributed by atoms with E-state index in [2.05, 4.69) is 5.32 Å². The first kappa shape index (κ1) is 15.1. The van der Waals surface area contributed by atoms with Crippen LogP contribution in [-0.2, 0) is 9.53 Å². The van der Waals surface area contributed by atoms with Crippen LogP contribution in [0.4, 0.5) is 11.4 Å². The molecule has 2 rings (SSSR count). The normalized spacial score (nSPS) is 12.0. The molecular formula is C17H20N2O2. The van der Waals surface area contributed by atoms with Crippen LogP contribution in [0.5, 0.6) is 0 Å². The highest BCUT2D eigenvalue weighted by Gasteiger charge is 2.20. The molecule has 0 spiro atoms. The maximum atomic E-state index is 12.4. The lowest BCUT2D eigenvalue weighted by Gasteiger charge is -2.17. The predicted octanol–water partition coefficient (Wildman–Crippen LogP) is 3.21. The molecule has 0 radical (unpaired) electrons. The lowest BCUT2D eigenvalue weighted by atomic mass is 10.1. The third-order valence-electron chi connectivity index (χ3n) is 3.45. The van der Waals surface area contributed by atoms with Crippen molar-refractivity contribution in [3.63, 3.8) is 0 Å². The highest BCUT2D eigenvalue weighted by Crippen LogP contribution is 2.24. The van der Waals surface area contributed by atoms with Gasteiger partial charge >= 0.3 is 0 Å². The van der Waals surface area contributed by atoms with Gasteiger partial charge in [-0.25, -0.2) is 0 Å². The Hall–Kier alpha value is -2.33. The molecule has 0 fully saturated rings. The van der Waals surface area contributed by atoms with Crippen LogP contribution in [0.15, 0.2) is 42.5 Å². The zero-order valence-corrected chi connectivity index (χ0v) is 12.5. The van der Waals surface area contributed by atoms with Crippen molar-refractivity contribution in [3.05, 3.63) is 59.2 Å². The fraction of sp³-hybridized carbons (Fsp3) is 0.235. The molecule has 0 bridgehead atoms. The maximum Gasteiger partial charge on any atom is 0.258 e. The molecule has 0 saturated carbocycles. The maximum absolute atomic E-state index is 12.4. The van der Waals surface area contributed by atoms with Gasteiger partial charge in [-0.1, -0.05) is 36.4 Å². The van der Waals surface area contributed by atoms with E-state index in [0.29, 0.717) is 11.4 Å². The SMILES string of the molecule is COC(C(=O)Nc1cc(N)c(C)cc1C)c1ccccc1. The van der Waals surface area contributed by atoms with Crippen LogP contribution < -0.4 is 11.1 Å². The van der Waals surface area contributed by atoms with Crippen molar-refractivity contribution in [2.24, 2.45) is 0 Å². The Morgan fingerprint density at radius 3 is 2.43 bits per heavy atom. The number of benzene rings is 2. The number of hydrogen-bond acceptors (Lipinski definition) is 3. The minimum absolute atomic E-state index is 0.213. The van der Waals surface area contributed by atoms with Gasteiger partial charge in [0.15, 0.2) is 6.10 Å². The summed E-state index contributed by atoms with van der Waals surface area (Å²) in [5, 5.41) is 2.88. The molecule has 110 valence electrons. The third-order valence-corrected chi connectivity index (χ3v) is 3.45. The van der Waals surface area contributed by atoms with Crippen molar-refractivity contribution in [2.45, 2.75) is 20.0 Å². The van der Waals surface area contributed by atoms with Crippen LogP contribution in [0, 0.1) is 13.8 Å². The number of nitrogen functional groups attached to an aromatic ring is 1. The average Bonchev–Trinajstić information content (AvgIpc) is 2.46. The van der Waals surface area contributed by atoms with Crippen molar-refractivity contribution in [1.82, 2.24) is 0 Å². The second kappa shape index (κ2) is 6.41. The highest BCUT2D eigenvalue weighted by atomic mass is 16.5. The number of methoxy groups -OCH3 is 1. The highest BCUT2D eigenvalue weighted by molar-refractivity contribution is 5.96. The molecule has 1 atom stereocenters. The topological polar surface area (TPSA) is 64.3 Å². The number of carbonyl (C=O) groups is 1. The Balaban J connectivity index is 2.23. The van der Waals surface area contributed by atoms with E-state index >= 15 is 0 Å². The fourth-order valence-corrected chi connectivity index (χ4v) is 2.22. The second-order valence-corrected chi connectivity index (χ2v) is 5.04. The Bertz CT molecular complexity index is 639. The minimum Gasteiger partial charge on any atom is -0.398 e. The number of ether oxygens (including phenoxy) is 1. The van der Waals surface area contributed by atoms with Crippen molar-refractivity contribution >= 4 is 17.3 Å². The Labute approximate surface area is 124 Å². The average molecular weight is 284 g/mol. The van der Waals surface area contributed by atoms with Crippen LogP contribution in [0.2, 0.25) is 0 Å². The molecule has 1 unspecified atom stereocenters. The molecule has 0 aliphatic rings. The van der Waals surface area contributed by atoms with Crippen LogP contribution in [-0.4, -0.2) is 13.0 Å². The number of anilines is 2. The zero-order valence-electron chi connectivity index (χ0n) is 12.5. The van der Waals surface area contributed by atoms with Gasteiger partial charge in [0.2, 0.25) is 0 Å². The number of hydrogen-bond donors (Lipinski definition) is 2. The van der Waals surface area contributed by atoms with Gasteiger partial charge in [0.05, 0.1) is 0 Å². The number of rotatable bonds is 4. The molecule has 0 aliphatic heterocycles. The summed E-state index contributed by atoms with van der Waals surface area (Å²) in [5.41, 5.74) is 10.1. The Morgan fingerprint density at radius 1 is 1.14 bits per heavy atom. The first-order valence-electron chi connectivity index (χ1n) is 6.78. The summed E-state index contributed by atoms with van der Waals surface area (Å²) < 4.78 is 5.32. The van der Waals surface area contributed by atoms with Crippen LogP contribution in [0.25, 0.3) is 0 Å². The first-order chi connectivity index (χ1) is 10.0. The number of amides is 1. The standard InChI is InChI=1S/C17H20N2O2/c1-11-9-12(2)15(10-14(11)18)19-17(20)16(21-3)13-7-5-4-6-8-13/h4-10,16H,18H2,1-3H3,(H,19,20). The quantitative estimate of drug-likeness (QED) is 0.847. The molecule has 0 aromatic heterocycles. The van der Waals surface area contributed by atoms with E-state index in [1.807, 2.05) is 50.2 Å². The van der Waals surface area contributed by atoms with Crippen molar-refractivity contribution in [1.29, 1.82) is 0 Å². The van der Waals surface area contributed by atoms with Crippen molar-refractivity contribution < 1.29 is 9.53 Å². The number of nitrogens with two attached hydrogens (primary N) is 1. The van der Waals surface area contributed by atoms with E-state index in [1.165, 1.54) is 7.11 Å². The summed E-state index contributed by atoms with van der Waals surface area (Å²) in [5.74, 6) is -0.213. The predicted molar refractivity (Wildman–Crippen MR) is 85.2 cm³/mol. The van der Waals surface area contributed by atoms with Crippen LogP contribution >= 0.6 is 0 Å². The number of nitrogens with one attached hydrogen (secondary N) is 1. The smallest absolute Gasteiger partial charge is 0.258 e. The third kappa shape index (κ3) is 3.41. The van der Waals surface area contributed by atoms with Crippen molar-refractivity contribution in [2.75, 3.05) is 18.2 Å². The van der Waals surface area contributed by atoms with Gasteiger partial charge in [0.25, 0.3) is 5.91 Å². The molecule has 21 heavy (non-hydrogen) atoms. The van der Waals surface area contributed by atoms with Gasteiger partial charge in [-0.2, -0.15) is 0 Å². The van der Waals surface area contributed by atoms with E-state index in [0.717, 1.165) is 16.7 Å². The molecule has 0 saturated heterocycles. The van der Waals surface area contributed by atoms with E-state index in [4.69, 9.17) is 10.5 Å². The number of aryl methyl sites for hydroxylation is 2. The summed E-state index contributed by atoms with van der Waals surface area (Å²) in [4.78, 5) is 12.4. The lowest BCUT2D eigenvalue weighted by Crippen LogP contribution is -2.23. The fourth-order valence-electron chi connectivity index (χ4n) is 2.22. The van der Waals surface area contributed by atoms with Gasteiger partial charge in [0, 0.05) is 18.5 Å². The van der Waals surface area contributed by atoms with E-state index in [9.17, 15) is 4.79 Å². The first-order valence-corrected chi connectivity index (χ1v) is 6.78. The van der Waals surface area contributed by atoms with Gasteiger partial charge < -0.3 is 15.8 Å². The van der Waals surface area contributed by atoms with Gasteiger partial charge in [-0.3, -0.25) is 4.79 Å². The summed E-state index contributed by atoms with van der Waals surface area (Å²) in [6, 6.07) is 13.1. The second-order valence-electron chi connectivity index (χ2n) is 5.04. The minimum atomic E-state index is -0.645. The summed E-state index contributed by atoms with van der Waals surface area (Å²) in [7, 11) is 1.52. The van der Waals surface area contributed by atoms with E-state index in [-0.39, 0.29) is 5.91 Å². The molecule has 2 aromatic rings. The van der Waals surface area contributed by atoms with Gasteiger partial charge in [-0.05, 0) is 36.6 Å². The lowest BCUT2D eigenvalue weighted by molar-refractivity contribution is -0.126. The Morgan fingerprint density at radius 2 is 1.81 bits per heavy atom. The van der Waals surface area contributed by atoms with Crippen LogP contribution in [0.1, 0.15) is 22.8 Å². The molecule has 4 nitrogen and oxygen atoms in total. The monoisotopic (exact) mass is 284 g/mol. The molecule has 1 amide bonds. The largest absolute Gasteiger partial charge is 0.398 e. The van der Waals surface area contributed by atoms with E-state index < -0.39 is 6.10 Å². The molecule has 0 heterocycles.